The second kappa shape index (κ2) is 19.2. The molecule has 8 atom stereocenters. The number of benzene rings is 2. The highest BCUT2D eigenvalue weighted by Crippen LogP contribution is 2.40. The predicted octanol–water partition coefficient (Wildman–Crippen LogP) is 2.64. The number of hydrogen-bond acceptors (Lipinski definition) is 10. The molecule has 0 saturated carbocycles. The smallest absolute Gasteiger partial charge is 0.248 e. The Hall–Kier alpha value is -4.98. The number of H-pyrrole nitrogens is 2. The standard InChI is InChI=1S/C46H64F2N8O8/c1-23(63-9)37(53-43(61)45(3,4)49-7)41(59)55-21-29(57)17-27(55)19-33-31-13-11-25(47)15-35(31)51-39(33)40-34(32-14-12-26(48)16-36(32)52-40)20-28-18-30(58)22-56(28)42(60)38(24(2)64-10)54-44(62)46(5,6)50-8/h11-16,23-24,27-30,37-38,49-52,57-58H,17-22H2,1-10H3,(H,53,61)(H,54,62)/t23-,24-,27-,28-,29+,30+,37+,38+/m1/s1. The molecule has 0 aliphatic carbocycles. The van der Waals surface area contributed by atoms with Crippen molar-refractivity contribution in [3.05, 3.63) is 59.2 Å². The van der Waals surface area contributed by atoms with E-state index in [4.69, 9.17) is 9.47 Å². The Kier molecular flexibility index (Phi) is 14.6. The third-order valence-corrected chi connectivity index (χ3v) is 13.4. The number of halogens is 2. The summed E-state index contributed by atoms with van der Waals surface area (Å²) in [5.74, 6) is -2.70. The molecule has 0 radical (unpaired) electrons. The molecule has 2 fully saturated rings. The summed E-state index contributed by atoms with van der Waals surface area (Å²) in [6, 6.07) is 5.33. The number of aromatic nitrogens is 2. The van der Waals surface area contributed by atoms with Crippen molar-refractivity contribution in [1.82, 2.24) is 41.0 Å². The molecule has 64 heavy (non-hydrogen) atoms. The first kappa shape index (κ1) is 48.5. The first-order chi connectivity index (χ1) is 30.1. The van der Waals surface area contributed by atoms with Crippen LogP contribution in [0.3, 0.4) is 0 Å². The highest BCUT2D eigenvalue weighted by Gasteiger charge is 2.44. The van der Waals surface area contributed by atoms with E-state index >= 15 is 0 Å². The number of nitrogens with zero attached hydrogens (tertiary/aromatic N) is 2. The number of hydrogen-bond donors (Lipinski definition) is 8. The summed E-state index contributed by atoms with van der Waals surface area (Å²) in [4.78, 5) is 65.6. The van der Waals surface area contributed by atoms with Gasteiger partial charge < -0.3 is 60.7 Å². The molecular weight excluding hydrogens is 831 g/mol. The Morgan fingerprint density at radius 1 is 0.703 bits per heavy atom. The molecule has 0 unspecified atom stereocenters. The van der Waals surface area contributed by atoms with Gasteiger partial charge in [0.05, 0.1) is 46.9 Å². The number of β-amino-alcohol motifs (C(OH)–C–C–N with tert-alkyl or cyclic N) is 2. The minimum atomic E-state index is -1.09. The molecule has 6 rings (SSSR count). The number of carbonyl (C=O) groups excluding carboxylic acids is 4. The van der Waals surface area contributed by atoms with Gasteiger partial charge in [0.25, 0.3) is 0 Å². The van der Waals surface area contributed by atoms with Crippen LogP contribution in [0.2, 0.25) is 0 Å². The van der Waals surface area contributed by atoms with Gasteiger partial charge >= 0.3 is 0 Å². The van der Waals surface area contributed by atoms with Gasteiger partial charge in [-0.1, -0.05) is 0 Å². The van der Waals surface area contributed by atoms with Gasteiger partial charge in [0.15, 0.2) is 0 Å². The van der Waals surface area contributed by atoms with Crippen molar-refractivity contribution in [1.29, 1.82) is 0 Å². The molecule has 4 heterocycles. The number of nitrogens with one attached hydrogen (secondary N) is 6. The van der Waals surface area contributed by atoms with Gasteiger partial charge in [-0.05, 0) is 129 Å². The first-order valence-corrected chi connectivity index (χ1v) is 21.8. The Morgan fingerprint density at radius 2 is 1.06 bits per heavy atom. The summed E-state index contributed by atoms with van der Waals surface area (Å²) in [6.07, 6.45) is -2.45. The second-order valence-electron chi connectivity index (χ2n) is 18.3. The number of likely N-dealkylation sites (tertiary alicyclic amines) is 2. The molecule has 18 heteroatoms. The highest BCUT2D eigenvalue weighted by atomic mass is 19.1. The zero-order valence-corrected chi connectivity index (χ0v) is 38.3. The molecule has 4 amide bonds. The lowest BCUT2D eigenvalue weighted by Crippen LogP contribution is -2.61. The van der Waals surface area contributed by atoms with E-state index in [0.717, 1.165) is 0 Å². The number of methoxy groups -OCH3 is 2. The number of aliphatic hydroxyl groups excluding tert-OH is 2. The summed E-state index contributed by atoms with van der Waals surface area (Å²) in [5, 5.41) is 35.1. The van der Waals surface area contributed by atoms with Crippen molar-refractivity contribution in [2.75, 3.05) is 41.4 Å². The van der Waals surface area contributed by atoms with Crippen LogP contribution in [0, 0.1) is 11.6 Å². The summed E-state index contributed by atoms with van der Waals surface area (Å²) < 4.78 is 41.0. The maximum Gasteiger partial charge on any atom is 0.248 e. The zero-order chi connectivity index (χ0) is 47.0. The number of ether oxygens (including phenoxy) is 2. The summed E-state index contributed by atoms with van der Waals surface area (Å²) in [5.41, 5.74) is 1.30. The largest absolute Gasteiger partial charge is 0.391 e. The number of likely N-dealkylation sites (N-methyl/N-ethyl adjacent to an activating group) is 2. The van der Waals surface area contributed by atoms with Crippen LogP contribution in [0.25, 0.3) is 33.2 Å². The van der Waals surface area contributed by atoms with E-state index in [2.05, 4.69) is 31.2 Å². The molecule has 0 bridgehead atoms. The Balaban J connectivity index is 1.42. The maximum atomic E-state index is 14.9. The minimum Gasteiger partial charge on any atom is -0.391 e. The van der Waals surface area contributed by atoms with Crippen molar-refractivity contribution < 1.29 is 47.6 Å². The number of aliphatic hydroxyl groups is 2. The lowest BCUT2D eigenvalue weighted by Gasteiger charge is -2.34. The summed E-state index contributed by atoms with van der Waals surface area (Å²) in [7, 11) is 6.18. The molecule has 2 aromatic heterocycles. The molecule has 2 aromatic carbocycles. The van der Waals surface area contributed by atoms with Crippen LogP contribution in [0.5, 0.6) is 0 Å². The number of aromatic amines is 2. The summed E-state index contributed by atoms with van der Waals surface area (Å²) in [6.45, 7) is 10.1. The molecule has 8 N–H and O–H groups in total. The van der Waals surface area contributed by atoms with Gasteiger partial charge in [-0.15, -0.1) is 0 Å². The molecular formula is C46H64F2N8O8. The van der Waals surface area contributed by atoms with Gasteiger partial charge in [-0.25, -0.2) is 8.78 Å². The van der Waals surface area contributed by atoms with Crippen molar-refractivity contribution in [2.45, 2.75) is 127 Å². The van der Waals surface area contributed by atoms with E-state index < -0.39 is 94.9 Å². The van der Waals surface area contributed by atoms with Gasteiger partial charge in [-0.3, -0.25) is 19.2 Å². The third-order valence-electron chi connectivity index (χ3n) is 13.4. The lowest BCUT2D eigenvalue weighted by molar-refractivity contribution is -0.142. The van der Waals surface area contributed by atoms with E-state index in [0.29, 0.717) is 44.3 Å². The fraction of sp³-hybridized carbons (Fsp3) is 0.565. The molecule has 4 aromatic rings. The van der Waals surface area contributed by atoms with Crippen LogP contribution in [0.4, 0.5) is 8.78 Å². The van der Waals surface area contributed by atoms with Gasteiger partial charge in [0, 0.05) is 61.2 Å². The molecule has 2 aliphatic heterocycles. The van der Waals surface area contributed by atoms with E-state index in [9.17, 15) is 38.2 Å². The van der Waals surface area contributed by atoms with Crippen molar-refractivity contribution >= 4 is 45.4 Å². The van der Waals surface area contributed by atoms with Crippen LogP contribution < -0.4 is 21.3 Å². The van der Waals surface area contributed by atoms with Crippen molar-refractivity contribution in [2.24, 2.45) is 0 Å². The highest BCUT2D eigenvalue weighted by molar-refractivity contribution is 5.97. The zero-order valence-electron chi connectivity index (χ0n) is 38.3. The predicted molar refractivity (Wildman–Crippen MR) is 238 cm³/mol. The molecule has 350 valence electrons. The lowest BCUT2D eigenvalue weighted by atomic mass is 9.94. The Labute approximate surface area is 372 Å². The molecule has 2 saturated heterocycles. The molecule has 16 nitrogen and oxygen atoms in total. The van der Waals surface area contributed by atoms with Gasteiger partial charge in [0.1, 0.15) is 23.7 Å². The van der Waals surface area contributed by atoms with Crippen molar-refractivity contribution in [3.8, 4) is 11.4 Å². The van der Waals surface area contributed by atoms with Crippen LogP contribution in [-0.2, 0) is 41.5 Å². The average Bonchev–Trinajstić information content (AvgIpc) is 4.02. The summed E-state index contributed by atoms with van der Waals surface area (Å²) >= 11 is 0. The quantitative estimate of drug-likeness (QED) is 0.0777. The normalized spacial score (nSPS) is 21.3. The first-order valence-electron chi connectivity index (χ1n) is 21.8. The number of carbonyl (C=O) groups is 4. The second-order valence-corrected chi connectivity index (χ2v) is 18.3. The maximum absolute atomic E-state index is 14.9. The monoisotopic (exact) mass is 894 g/mol. The minimum absolute atomic E-state index is 0.00554. The fourth-order valence-electron chi connectivity index (χ4n) is 8.75. The van der Waals surface area contributed by atoms with E-state index in [1.54, 1.807) is 77.6 Å². The van der Waals surface area contributed by atoms with E-state index in [-0.39, 0.29) is 38.8 Å². The number of amides is 4. The van der Waals surface area contributed by atoms with Crippen LogP contribution in [0.15, 0.2) is 36.4 Å². The molecule has 0 spiro atoms. The van der Waals surface area contributed by atoms with Crippen LogP contribution in [-0.4, -0.2) is 155 Å². The fourth-order valence-corrected chi connectivity index (χ4v) is 8.75. The Bertz CT molecular complexity index is 2200. The van der Waals surface area contributed by atoms with Gasteiger partial charge in [0.2, 0.25) is 23.6 Å². The van der Waals surface area contributed by atoms with Crippen molar-refractivity contribution in [3.63, 3.8) is 0 Å². The van der Waals surface area contributed by atoms with E-state index in [1.807, 2.05) is 0 Å². The van der Waals surface area contributed by atoms with Crippen LogP contribution >= 0.6 is 0 Å². The van der Waals surface area contributed by atoms with Gasteiger partial charge in [-0.2, -0.15) is 0 Å². The topological polar surface area (TPSA) is 213 Å². The third kappa shape index (κ3) is 9.82. The number of rotatable bonds is 17. The number of fused-ring (bicyclic) bond motifs is 2. The van der Waals surface area contributed by atoms with E-state index in [1.165, 1.54) is 38.5 Å². The Morgan fingerprint density at radius 3 is 1.39 bits per heavy atom. The SMILES string of the molecule is CNC(C)(C)C(=O)N[C@H](C(=O)N1C[C@@H](O)C[C@@H]1Cc1c(-c2[nH]c3cc(F)ccc3c2C[C@H]2C[C@H](O)CN2C(=O)[C@@H](NC(=O)C(C)(C)NC)[C@@H](C)OC)[nH]c2cc(F)ccc12)[C@@H](C)OC. The molecule has 2 aliphatic rings. The van der Waals surface area contributed by atoms with Crippen LogP contribution in [0.1, 0.15) is 65.5 Å². The average molecular weight is 895 g/mol.